The molecule has 1 saturated carbocycles. The maximum absolute atomic E-state index is 12.5. The Morgan fingerprint density at radius 2 is 1.74 bits per heavy atom. The molecule has 0 unspecified atom stereocenters. The highest BCUT2D eigenvalue weighted by molar-refractivity contribution is 6.09. The van der Waals surface area contributed by atoms with Crippen LogP contribution in [0, 0.1) is 0 Å². The summed E-state index contributed by atoms with van der Waals surface area (Å²) in [6.45, 7) is -0.0968. The van der Waals surface area contributed by atoms with E-state index in [-0.39, 0.29) is 24.9 Å². The number of rotatable bonds is 7. The first-order chi connectivity index (χ1) is 13.0. The second kappa shape index (κ2) is 8.20. The molecule has 5 amide bonds. The number of urea groups is 1. The maximum Gasteiger partial charge on any atom is 0.325 e. The smallest absolute Gasteiger partial charge is 0.325 e. The van der Waals surface area contributed by atoms with Gasteiger partial charge in [0.15, 0.2) is 0 Å². The fourth-order valence-electron chi connectivity index (χ4n) is 3.57. The highest BCUT2D eigenvalue weighted by Gasteiger charge is 2.52. The summed E-state index contributed by atoms with van der Waals surface area (Å²) in [5.74, 6) is -1.19. The van der Waals surface area contributed by atoms with Crippen molar-refractivity contribution in [2.75, 3.05) is 19.6 Å². The SMILES string of the molecule is O=C(CNC(=O)CN1C(=O)NC2(CCCC2)C1=O)NCCc1ccccc1. The molecule has 8 heteroatoms. The van der Waals surface area contributed by atoms with Gasteiger partial charge >= 0.3 is 6.03 Å². The molecule has 1 aliphatic carbocycles. The Morgan fingerprint density at radius 3 is 2.44 bits per heavy atom. The lowest BCUT2D eigenvalue weighted by molar-refractivity contribution is -0.135. The summed E-state index contributed by atoms with van der Waals surface area (Å²) < 4.78 is 0. The van der Waals surface area contributed by atoms with Gasteiger partial charge in [0.25, 0.3) is 5.91 Å². The van der Waals surface area contributed by atoms with Crippen molar-refractivity contribution in [3.05, 3.63) is 35.9 Å². The molecule has 27 heavy (non-hydrogen) atoms. The molecule has 1 aliphatic heterocycles. The van der Waals surface area contributed by atoms with E-state index in [0.717, 1.165) is 23.3 Å². The Morgan fingerprint density at radius 1 is 1.04 bits per heavy atom. The van der Waals surface area contributed by atoms with E-state index in [1.54, 1.807) is 0 Å². The van der Waals surface area contributed by atoms with Crippen LogP contribution in [0.2, 0.25) is 0 Å². The Balaban J connectivity index is 1.38. The second-order valence-corrected chi connectivity index (χ2v) is 6.97. The molecule has 0 bridgehead atoms. The monoisotopic (exact) mass is 372 g/mol. The minimum atomic E-state index is -0.827. The minimum absolute atomic E-state index is 0.192. The molecule has 3 rings (SSSR count). The van der Waals surface area contributed by atoms with Crippen LogP contribution in [0.3, 0.4) is 0 Å². The van der Waals surface area contributed by atoms with Crippen molar-refractivity contribution in [2.45, 2.75) is 37.6 Å². The van der Waals surface area contributed by atoms with Crippen LogP contribution in [-0.4, -0.2) is 53.8 Å². The third-order valence-corrected chi connectivity index (χ3v) is 5.03. The predicted octanol–water partition coefficient (Wildman–Crippen LogP) is 0.326. The van der Waals surface area contributed by atoms with Gasteiger partial charge in [-0.1, -0.05) is 43.2 Å². The Bertz CT molecular complexity index is 728. The average Bonchev–Trinajstić information content (AvgIpc) is 3.22. The molecule has 3 N–H and O–H groups in total. The van der Waals surface area contributed by atoms with Crippen LogP contribution in [0.25, 0.3) is 0 Å². The summed E-state index contributed by atoms with van der Waals surface area (Å²) in [4.78, 5) is 49.3. The number of nitrogens with one attached hydrogen (secondary N) is 3. The fraction of sp³-hybridized carbons (Fsp3) is 0.474. The largest absolute Gasteiger partial charge is 0.354 e. The number of amides is 5. The van der Waals surface area contributed by atoms with E-state index in [1.165, 1.54) is 0 Å². The third-order valence-electron chi connectivity index (χ3n) is 5.03. The fourth-order valence-corrected chi connectivity index (χ4v) is 3.57. The van der Waals surface area contributed by atoms with Gasteiger partial charge in [0.1, 0.15) is 12.1 Å². The zero-order valence-corrected chi connectivity index (χ0v) is 15.1. The quantitative estimate of drug-likeness (QED) is 0.599. The number of nitrogens with zero attached hydrogens (tertiary/aromatic N) is 1. The first-order valence-corrected chi connectivity index (χ1v) is 9.22. The first kappa shape index (κ1) is 18.9. The van der Waals surface area contributed by atoms with Gasteiger partial charge in [-0.3, -0.25) is 19.3 Å². The van der Waals surface area contributed by atoms with E-state index in [2.05, 4.69) is 16.0 Å². The number of benzene rings is 1. The van der Waals surface area contributed by atoms with Crippen LogP contribution in [0.15, 0.2) is 30.3 Å². The molecular weight excluding hydrogens is 348 g/mol. The van der Waals surface area contributed by atoms with Crippen LogP contribution in [-0.2, 0) is 20.8 Å². The molecule has 1 aromatic carbocycles. The highest BCUT2D eigenvalue weighted by atomic mass is 16.2. The lowest BCUT2D eigenvalue weighted by Crippen LogP contribution is -2.46. The van der Waals surface area contributed by atoms with Crippen molar-refractivity contribution in [1.82, 2.24) is 20.9 Å². The number of imide groups is 1. The Kier molecular flexibility index (Phi) is 5.73. The van der Waals surface area contributed by atoms with Gasteiger partial charge in [0.05, 0.1) is 6.54 Å². The Labute approximate surface area is 157 Å². The molecule has 1 heterocycles. The molecule has 0 aromatic heterocycles. The van der Waals surface area contributed by atoms with Crippen molar-refractivity contribution in [2.24, 2.45) is 0 Å². The van der Waals surface area contributed by atoms with E-state index < -0.39 is 17.5 Å². The maximum atomic E-state index is 12.5. The predicted molar refractivity (Wildman–Crippen MR) is 97.6 cm³/mol. The van der Waals surface area contributed by atoms with Crippen molar-refractivity contribution < 1.29 is 19.2 Å². The van der Waals surface area contributed by atoms with Gasteiger partial charge in [-0.25, -0.2) is 4.79 Å². The van der Waals surface area contributed by atoms with Crippen molar-refractivity contribution in [1.29, 1.82) is 0 Å². The van der Waals surface area contributed by atoms with E-state index >= 15 is 0 Å². The molecule has 1 saturated heterocycles. The van der Waals surface area contributed by atoms with Crippen LogP contribution in [0.1, 0.15) is 31.2 Å². The molecule has 144 valence electrons. The van der Waals surface area contributed by atoms with Gasteiger partial charge in [-0.15, -0.1) is 0 Å². The van der Waals surface area contributed by atoms with Gasteiger partial charge in [0.2, 0.25) is 11.8 Å². The standard InChI is InChI=1S/C19H24N4O4/c24-15(20-11-8-14-6-2-1-3-7-14)12-21-16(25)13-23-17(26)19(22-18(23)27)9-4-5-10-19/h1-3,6-7H,4-5,8-13H2,(H,20,24)(H,21,25)(H,22,27). The molecular formula is C19H24N4O4. The molecule has 1 spiro atoms. The molecule has 2 aliphatic rings. The topological polar surface area (TPSA) is 108 Å². The minimum Gasteiger partial charge on any atom is -0.354 e. The van der Waals surface area contributed by atoms with Crippen molar-refractivity contribution in [3.63, 3.8) is 0 Å². The normalized spacial score (nSPS) is 17.9. The zero-order chi connectivity index (χ0) is 19.3. The number of hydrogen-bond donors (Lipinski definition) is 3. The van der Waals surface area contributed by atoms with E-state index in [1.807, 2.05) is 30.3 Å². The summed E-state index contributed by atoms with van der Waals surface area (Å²) in [6, 6.07) is 9.21. The van der Waals surface area contributed by atoms with Gasteiger partial charge in [0, 0.05) is 6.54 Å². The summed E-state index contributed by atoms with van der Waals surface area (Å²) in [6.07, 6.45) is 3.69. The number of hydrogen-bond acceptors (Lipinski definition) is 4. The van der Waals surface area contributed by atoms with Crippen LogP contribution in [0.4, 0.5) is 4.79 Å². The van der Waals surface area contributed by atoms with E-state index in [9.17, 15) is 19.2 Å². The number of carbonyl (C=O) groups is 4. The molecule has 1 aromatic rings. The summed E-state index contributed by atoms with van der Waals surface area (Å²) in [5, 5.41) is 7.90. The van der Waals surface area contributed by atoms with E-state index in [4.69, 9.17) is 0 Å². The first-order valence-electron chi connectivity index (χ1n) is 9.22. The second-order valence-electron chi connectivity index (χ2n) is 6.97. The lowest BCUT2D eigenvalue weighted by atomic mass is 9.98. The lowest BCUT2D eigenvalue weighted by Gasteiger charge is -2.19. The zero-order valence-electron chi connectivity index (χ0n) is 15.1. The number of carbonyl (C=O) groups excluding carboxylic acids is 4. The summed E-state index contributed by atoms with van der Waals surface area (Å²) >= 11 is 0. The van der Waals surface area contributed by atoms with Gasteiger partial charge in [-0.2, -0.15) is 0 Å². The average molecular weight is 372 g/mol. The van der Waals surface area contributed by atoms with Crippen LogP contribution in [0.5, 0.6) is 0 Å². The summed E-state index contributed by atoms with van der Waals surface area (Å²) in [7, 11) is 0. The molecule has 0 radical (unpaired) electrons. The molecule has 0 atom stereocenters. The summed E-state index contributed by atoms with van der Waals surface area (Å²) in [5.41, 5.74) is 0.285. The Hall–Kier alpha value is -2.90. The van der Waals surface area contributed by atoms with Crippen molar-refractivity contribution in [3.8, 4) is 0 Å². The van der Waals surface area contributed by atoms with Gasteiger partial charge in [-0.05, 0) is 24.8 Å². The van der Waals surface area contributed by atoms with Crippen LogP contribution < -0.4 is 16.0 Å². The van der Waals surface area contributed by atoms with E-state index in [0.29, 0.717) is 25.8 Å². The van der Waals surface area contributed by atoms with Crippen LogP contribution >= 0.6 is 0 Å². The van der Waals surface area contributed by atoms with Crippen molar-refractivity contribution >= 4 is 23.8 Å². The highest BCUT2D eigenvalue weighted by Crippen LogP contribution is 2.34. The third kappa shape index (κ3) is 4.45. The molecule has 8 nitrogen and oxygen atoms in total. The molecule has 2 fully saturated rings. The van der Waals surface area contributed by atoms with Gasteiger partial charge < -0.3 is 16.0 Å².